The number of carboxylic acids is 1. The van der Waals surface area contributed by atoms with Crippen LogP contribution in [0.5, 0.6) is 0 Å². The highest BCUT2D eigenvalue weighted by molar-refractivity contribution is 5.87. The number of nitrogens with two attached hydrogens (primary N) is 1. The zero-order chi connectivity index (χ0) is 14.7. The predicted octanol–water partition coefficient (Wildman–Crippen LogP) is -1.15. The summed E-state index contributed by atoms with van der Waals surface area (Å²) in [4.78, 5) is 35.9. The third-order valence-electron chi connectivity index (χ3n) is 3.93. The maximum Gasteiger partial charge on any atom is 0.326 e. The van der Waals surface area contributed by atoms with Gasteiger partial charge in [-0.3, -0.25) is 9.69 Å². The van der Waals surface area contributed by atoms with Gasteiger partial charge in [0.05, 0.1) is 6.42 Å². The number of amides is 3. The lowest BCUT2D eigenvalue weighted by molar-refractivity contribution is -0.140. The Hall–Kier alpha value is -1.83. The zero-order valence-electron chi connectivity index (χ0n) is 11.2. The Labute approximate surface area is 116 Å². The van der Waals surface area contributed by atoms with Gasteiger partial charge in [0.2, 0.25) is 5.91 Å². The summed E-state index contributed by atoms with van der Waals surface area (Å²) in [5, 5.41) is 14.0. The number of aliphatic carboxylic acids is 1. The molecule has 2 fully saturated rings. The largest absolute Gasteiger partial charge is 0.480 e. The number of carbonyl (C=O) groups is 3. The molecule has 2 aliphatic rings. The molecule has 0 aromatic heterocycles. The number of urea groups is 1. The van der Waals surface area contributed by atoms with E-state index in [4.69, 9.17) is 10.8 Å². The monoisotopic (exact) mass is 284 g/mol. The molecule has 2 saturated heterocycles. The van der Waals surface area contributed by atoms with Crippen LogP contribution in [0.2, 0.25) is 0 Å². The Balaban J connectivity index is 1.85. The van der Waals surface area contributed by atoms with Gasteiger partial charge in [0.1, 0.15) is 6.04 Å². The molecule has 2 rings (SSSR count). The van der Waals surface area contributed by atoms with Gasteiger partial charge in [-0.05, 0) is 25.8 Å². The fourth-order valence-corrected chi connectivity index (χ4v) is 3.02. The minimum Gasteiger partial charge on any atom is -0.480 e. The lowest BCUT2D eigenvalue weighted by atomic mass is 10.1. The third kappa shape index (κ3) is 3.38. The van der Waals surface area contributed by atoms with Crippen LogP contribution in [0.4, 0.5) is 4.79 Å². The maximum absolute atomic E-state index is 11.8. The second-order valence-electron chi connectivity index (χ2n) is 5.32. The summed E-state index contributed by atoms with van der Waals surface area (Å²) < 4.78 is 0. The zero-order valence-corrected chi connectivity index (χ0v) is 11.2. The van der Waals surface area contributed by atoms with E-state index in [1.807, 2.05) is 0 Å². The summed E-state index contributed by atoms with van der Waals surface area (Å²) in [5.74, 6) is -2.03. The molecule has 0 spiro atoms. The van der Waals surface area contributed by atoms with E-state index in [-0.39, 0.29) is 6.04 Å². The quantitative estimate of drug-likeness (QED) is 0.507. The number of primary amides is 1. The van der Waals surface area contributed by atoms with Gasteiger partial charge in [-0.2, -0.15) is 0 Å². The Morgan fingerprint density at radius 3 is 2.70 bits per heavy atom. The van der Waals surface area contributed by atoms with Gasteiger partial charge in [-0.15, -0.1) is 0 Å². The maximum atomic E-state index is 11.8. The van der Waals surface area contributed by atoms with Gasteiger partial charge in [-0.25, -0.2) is 9.59 Å². The van der Waals surface area contributed by atoms with Crippen LogP contribution in [0.1, 0.15) is 25.7 Å². The van der Waals surface area contributed by atoms with E-state index in [1.54, 1.807) is 0 Å². The van der Waals surface area contributed by atoms with Crippen LogP contribution in [-0.2, 0) is 9.59 Å². The second-order valence-corrected chi connectivity index (χ2v) is 5.32. The van der Waals surface area contributed by atoms with Crippen molar-refractivity contribution in [3.63, 3.8) is 0 Å². The van der Waals surface area contributed by atoms with Crippen LogP contribution in [0.25, 0.3) is 0 Å². The molecule has 8 nitrogen and oxygen atoms in total. The standard InChI is InChI=1S/C12H20N4O4/c13-10(17)6-8(11(18)19)15-12(20)14-7-3-5-16-4-1-2-9(7)16/h7-9H,1-6H2,(H2,13,17)(H,18,19)(H2,14,15,20). The SMILES string of the molecule is NC(=O)CC(NC(=O)NC1CCN2CCCC12)C(=O)O. The first kappa shape index (κ1) is 14.6. The van der Waals surface area contributed by atoms with Gasteiger partial charge in [0, 0.05) is 18.6 Å². The van der Waals surface area contributed by atoms with Crippen molar-refractivity contribution in [2.45, 2.75) is 43.8 Å². The Kier molecular flexibility index (Phi) is 4.43. The van der Waals surface area contributed by atoms with Crippen LogP contribution < -0.4 is 16.4 Å². The summed E-state index contributed by atoms with van der Waals surface area (Å²) in [6.45, 7) is 2.02. The molecule has 8 heteroatoms. The average molecular weight is 284 g/mol. The van der Waals surface area contributed by atoms with E-state index in [1.165, 1.54) is 0 Å². The second kappa shape index (κ2) is 6.08. The number of nitrogens with zero attached hydrogens (tertiary/aromatic N) is 1. The normalized spacial score (nSPS) is 26.8. The van der Waals surface area contributed by atoms with Crippen LogP contribution >= 0.6 is 0 Å². The topological polar surface area (TPSA) is 125 Å². The van der Waals surface area contributed by atoms with E-state index in [2.05, 4.69) is 15.5 Å². The van der Waals surface area contributed by atoms with E-state index in [0.29, 0.717) is 6.04 Å². The Bertz CT molecular complexity index is 414. The highest BCUT2D eigenvalue weighted by Gasteiger charge is 2.38. The average Bonchev–Trinajstić information content (AvgIpc) is 2.92. The fraction of sp³-hybridized carbons (Fsp3) is 0.750. The molecule has 0 bridgehead atoms. The van der Waals surface area contributed by atoms with E-state index < -0.39 is 30.4 Å². The molecule has 0 saturated carbocycles. The molecule has 2 heterocycles. The van der Waals surface area contributed by atoms with Crippen LogP contribution in [-0.4, -0.2) is 59.1 Å². The lowest BCUT2D eigenvalue weighted by Crippen LogP contribution is -2.52. The van der Waals surface area contributed by atoms with Crippen molar-refractivity contribution >= 4 is 17.9 Å². The number of carboxylic acid groups (broad SMARTS) is 1. The van der Waals surface area contributed by atoms with Crippen molar-refractivity contribution in [2.24, 2.45) is 5.73 Å². The van der Waals surface area contributed by atoms with E-state index >= 15 is 0 Å². The van der Waals surface area contributed by atoms with Crippen molar-refractivity contribution in [1.82, 2.24) is 15.5 Å². The number of hydrogen-bond donors (Lipinski definition) is 4. The highest BCUT2D eigenvalue weighted by Crippen LogP contribution is 2.27. The van der Waals surface area contributed by atoms with Crippen LogP contribution in [0.3, 0.4) is 0 Å². The van der Waals surface area contributed by atoms with Gasteiger partial charge >= 0.3 is 12.0 Å². The summed E-state index contributed by atoms with van der Waals surface area (Å²) >= 11 is 0. The highest BCUT2D eigenvalue weighted by atomic mass is 16.4. The van der Waals surface area contributed by atoms with Crippen molar-refractivity contribution in [3.05, 3.63) is 0 Å². The van der Waals surface area contributed by atoms with Gasteiger partial charge in [0.25, 0.3) is 0 Å². The molecule has 20 heavy (non-hydrogen) atoms. The summed E-state index contributed by atoms with van der Waals surface area (Å²) in [5.41, 5.74) is 4.96. The molecule has 3 atom stereocenters. The summed E-state index contributed by atoms with van der Waals surface area (Å²) in [7, 11) is 0. The molecule has 0 aliphatic carbocycles. The lowest BCUT2D eigenvalue weighted by Gasteiger charge is -2.22. The van der Waals surface area contributed by atoms with Crippen LogP contribution in [0.15, 0.2) is 0 Å². The van der Waals surface area contributed by atoms with Crippen molar-refractivity contribution in [1.29, 1.82) is 0 Å². The van der Waals surface area contributed by atoms with Crippen molar-refractivity contribution in [2.75, 3.05) is 13.1 Å². The first-order chi connectivity index (χ1) is 9.47. The minimum atomic E-state index is -1.28. The first-order valence-corrected chi connectivity index (χ1v) is 6.79. The Morgan fingerprint density at radius 2 is 2.05 bits per heavy atom. The van der Waals surface area contributed by atoms with E-state index in [0.717, 1.165) is 32.4 Å². The van der Waals surface area contributed by atoms with Gasteiger partial charge in [-0.1, -0.05) is 0 Å². The summed E-state index contributed by atoms with van der Waals surface area (Å²) in [6, 6.07) is -1.45. The molecule has 0 aromatic rings. The summed E-state index contributed by atoms with van der Waals surface area (Å²) in [6.07, 6.45) is 2.63. The van der Waals surface area contributed by atoms with Crippen molar-refractivity contribution in [3.8, 4) is 0 Å². The number of carbonyl (C=O) groups excluding carboxylic acids is 2. The number of nitrogens with one attached hydrogen (secondary N) is 2. The molecule has 3 unspecified atom stereocenters. The van der Waals surface area contributed by atoms with Gasteiger partial charge in [0.15, 0.2) is 0 Å². The number of rotatable bonds is 5. The number of fused-ring (bicyclic) bond motifs is 1. The van der Waals surface area contributed by atoms with Crippen molar-refractivity contribution < 1.29 is 19.5 Å². The minimum absolute atomic E-state index is 0.0422. The van der Waals surface area contributed by atoms with E-state index in [9.17, 15) is 14.4 Å². The first-order valence-electron chi connectivity index (χ1n) is 6.79. The smallest absolute Gasteiger partial charge is 0.326 e. The molecule has 5 N–H and O–H groups in total. The molecule has 3 amide bonds. The molecule has 112 valence electrons. The predicted molar refractivity (Wildman–Crippen MR) is 69.9 cm³/mol. The molecule has 2 aliphatic heterocycles. The third-order valence-corrected chi connectivity index (χ3v) is 3.93. The fourth-order valence-electron chi connectivity index (χ4n) is 3.02. The van der Waals surface area contributed by atoms with Gasteiger partial charge < -0.3 is 21.5 Å². The van der Waals surface area contributed by atoms with Crippen LogP contribution in [0, 0.1) is 0 Å². The molecular formula is C12H20N4O4. The molecule has 0 radical (unpaired) electrons. The number of hydrogen-bond acceptors (Lipinski definition) is 4. The Morgan fingerprint density at radius 1 is 1.30 bits per heavy atom. The molecule has 0 aromatic carbocycles. The molecular weight excluding hydrogens is 264 g/mol.